The van der Waals surface area contributed by atoms with Crippen molar-refractivity contribution in [2.45, 2.75) is 19.4 Å². The zero-order valence-corrected chi connectivity index (χ0v) is 19.4. The van der Waals surface area contributed by atoms with E-state index in [1.54, 1.807) is 12.1 Å². The van der Waals surface area contributed by atoms with Gasteiger partial charge in [-0.2, -0.15) is 0 Å². The van der Waals surface area contributed by atoms with E-state index >= 15 is 0 Å². The maximum atomic E-state index is 13.3. The van der Waals surface area contributed by atoms with Crippen molar-refractivity contribution in [2.24, 2.45) is 0 Å². The van der Waals surface area contributed by atoms with E-state index in [2.05, 4.69) is 0 Å². The van der Waals surface area contributed by atoms with Crippen LogP contribution in [0.5, 0.6) is 5.75 Å². The number of aryl methyl sites for hydroxylation is 1. The molecule has 2 heterocycles. The molecule has 0 bridgehead atoms. The Morgan fingerprint density at radius 2 is 1.79 bits per heavy atom. The van der Waals surface area contributed by atoms with Crippen molar-refractivity contribution < 1.29 is 19.4 Å². The lowest BCUT2D eigenvalue weighted by Gasteiger charge is -2.26. The fourth-order valence-electron chi connectivity index (χ4n) is 4.66. The third kappa shape index (κ3) is 3.61. The monoisotopic (exact) mass is 454 g/mol. The SMILES string of the molecule is Cc1cccc(C2/C(=C(/O)c3ccc4c(c3)CCO4)C(=O)C(=O)N2c2ccc(N(C)C)cc2)c1. The molecule has 0 radical (unpaired) electrons. The lowest BCUT2D eigenvalue weighted by molar-refractivity contribution is -0.132. The van der Waals surface area contributed by atoms with E-state index in [1.165, 1.54) is 4.90 Å². The van der Waals surface area contributed by atoms with E-state index in [4.69, 9.17) is 4.74 Å². The van der Waals surface area contributed by atoms with Crippen molar-refractivity contribution in [3.05, 3.63) is 94.6 Å². The Bertz CT molecular complexity index is 1320. The number of amides is 1. The quantitative estimate of drug-likeness (QED) is 0.354. The van der Waals surface area contributed by atoms with Crippen LogP contribution in [0.2, 0.25) is 0 Å². The number of hydrogen-bond donors (Lipinski definition) is 1. The highest BCUT2D eigenvalue weighted by Crippen LogP contribution is 2.43. The predicted molar refractivity (Wildman–Crippen MR) is 132 cm³/mol. The molecule has 1 saturated heterocycles. The van der Waals surface area contributed by atoms with Gasteiger partial charge in [-0.25, -0.2) is 0 Å². The number of rotatable bonds is 4. The van der Waals surface area contributed by atoms with Crippen LogP contribution in [-0.4, -0.2) is 37.5 Å². The number of fused-ring (bicyclic) bond motifs is 1. The summed E-state index contributed by atoms with van der Waals surface area (Å²) in [5.41, 5.74) is 4.91. The molecule has 0 aromatic heterocycles. The Kier molecular flexibility index (Phi) is 5.36. The zero-order valence-electron chi connectivity index (χ0n) is 19.4. The van der Waals surface area contributed by atoms with E-state index in [-0.39, 0.29) is 11.3 Å². The molecule has 0 aliphatic carbocycles. The first-order valence-corrected chi connectivity index (χ1v) is 11.3. The molecular weight excluding hydrogens is 428 g/mol. The van der Waals surface area contributed by atoms with Crippen LogP contribution in [0.25, 0.3) is 5.76 Å². The maximum absolute atomic E-state index is 13.3. The minimum Gasteiger partial charge on any atom is -0.507 e. The fourth-order valence-corrected chi connectivity index (χ4v) is 4.66. The molecule has 1 fully saturated rings. The first kappa shape index (κ1) is 21.8. The van der Waals surface area contributed by atoms with Gasteiger partial charge in [0.1, 0.15) is 11.5 Å². The van der Waals surface area contributed by atoms with Crippen LogP contribution in [0.15, 0.2) is 72.3 Å². The minimum absolute atomic E-state index is 0.0890. The first-order valence-electron chi connectivity index (χ1n) is 11.3. The molecule has 3 aromatic rings. The van der Waals surface area contributed by atoms with Gasteiger partial charge in [-0.05, 0) is 60.5 Å². The molecule has 1 amide bonds. The number of nitrogens with zero attached hydrogens (tertiary/aromatic N) is 2. The lowest BCUT2D eigenvalue weighted by atomic mass is 9.93. The summed E-state index contributed by atoms with van der Waals surface area (Å²) in [4.78, 5) is 30.1. The zero-order chi connectivity index (χ0) is 24.0. The third-order valence-corrected chi connectivity index (χ3v) is 6.41. The second-order valence-electron chi connectivity index (χ2n) is 8.92. The fraction of sp³-hybridized carbons (Fsp3) is 0.214. The summed E-state index contributed by atoms with van der Waals surface area (Å²) in [6.45, 7) is 2.55. The number of Topliss-reactive ketones (excluding diaryl/α,β-unsaturated/α-hetero) is 1. The number of benzene rings is 3. The van der Waals surface area contributed by atoms with Crippen molar-refractivity contribution in [1.82, 2.24) is 0 Å². The van der Waals surface area contributed by atoms with Crippen molar-refractivity contribution in [1.29, 1.82) is 0 Å². The van der Waals surface area contributed by atoms with Gasteiger partial charge in [0.15, 0.2) is 0 Å². The van der Waals surface area contributed by atoms with Gasteiger partial charge in [0.2, 0.25) is 0 Å². The highest BCUT2D eigenvalue weighted by atomic mass is 16.5. The molecule has 1 atom stereocenters. The van der Waals surface area contributed by atoms with Crippen LogP contribution in [0, 0.1) is 6.92 Å². The Morgan fingerprint density at radius 1 is 1.03 bits per heavy atom. The van der Waals surface area contributed by atoms with E-state index in [0.717, 1.165) is 34.5 Å². The number of carbonyl (C=O) groups excluding carboxylic acids is 2. The largest absolute Gasteiger partial charge is 0.507 e. The van der Waals surface area contributed by atoms with Gasteiger partial charge >= 0.3 is 0 Å². The highest BCUT2D eigenvalue weighted by Gasteiger charge is 2.47. The lowest BCUT2D eigenvalue weighted by Crippen LogP contribution is -2.29. The Morgan fingerprint density at radius 3 is 2.50 bits per heavy atom. The van der Waals surface area contributed by atoms with Gasteiger partial charge in [0, 0.05) is 37.5 Å². The van der Waals surface area contributed by atoms with Gasteiger partial charge < -0.3 is 14.7 Å². The van der Waals surface area contributed by atoms with Gasteiger partial charge in [-0.1, -0.05) is 29.8 Å². The van der Waals surface area contributed by atoms with Gasteiger partial charge in [-0.3, -0.25) is 14.5 Å². The van der Waals surface area contributed by atoms with Crippen LogP contribution in [0.4, 0.5) is 11.4 Å². The standard InChI is InChI=1S/C28H26N2O4/c1-17-5-4-6-19(15-17)25-24(26(31)20-7-12-23-18(16-20)13-14-34-23)27(32)28(33)30(25)22-10-8-21(9-11-22)29(2)3/h4-12,15-16,25,31H,13-14H2,1-3H3/b26-24-. The molecular formula is C28H26N2O4. The van der Waals surface area contributed by atoms with Crippen molar-refractivity contribution in [2.75, 3.05) is 30.5 Å². The average molecular weight is 455 g/mol. The number of anilines is 2. The van der Waals surface area contributed by atoms with Crippen LogP contribution >= 0.6 is 0 Å². The molecule has 172 valence electrons. The van der Waals surface area contributed by atoms with E-state index < -0.39 is 17.7 Å². The molecule has 3 aromatic carbocycles. The van der Waals surface area contributed by atoms with Crippen molar-refractivity contribution >= 4 is 28.8 Å². The number of hydrogen-bond acceptors (Lipinski definition) is 5. The first-order chi connectivity index (χ1) is 16.3. The topological polar surface area (TPSA) is 70.1 Å². The Labute approximate surface area is 198 Å². The summed E-state index contributed by atoms with van der Waals surface area (Å²) in [6, 6.07) is 19.8. The van der Waals surface area contributed by atoms with Gasteiger partial charge in [-0.15, -0.1) is 0 Å². The molecule has 34 heavy (non-hydrogen) atoms. The molecule has 6 nitrogen and oxygen atoms in total. The maximum Gasteiger partial charge on any atom is 0.300 e. The van der Waals surface area contributed by atoms with Gasteiger partial charge in [0.25, 0.3) is 11.7 Å². The van der Waals surface area contributed by atoms with E-state index in [9.17, 15) is 14.7 Å². The van der Waals surface area contributed by atoms with Gasteiger partial charge in [0.05, 0.1) is 18.2 Å². The molecule has 6 heteroatoms. The molecule has 1 unspecified atom stereocenters. The average Bonchev–Trinajstić information content (AvgIpc) is 3.40. The summed E-state index contributed by atoms with van der Waals surface area (Å²) >= 11 is 0. The Balaban J connectivity index is 1.68. The summed E-state index contributed by atoms with van der Waals surface area (Å²) in [7, 11) is 3.88. The number of aliphatic hydroxyl groups excluding tert-OH is 1. The summed E-state index contributed by atoms with van der Waals surface area (Å²) in [5, 5.41) is 11.4. The van der Waals surface area contributed by atoms with Crippen LogP contribution in [-0.2, 0) is 16.0 Å². The summed E-state index contributed by atoms with van der Waals surface area (Å²) < 4.78 is 5.57. The molecule has 0 saturated carbocycles. The van der Waals surface area contributed by atoms with E-state index in [0.29, 0.717) is 17.9 Å². The Hall–Kier alpha value is -4.06. The highest BCUT2D eigenvalue weighted by molar-refractivity contribution is 6.51. The number of ketones is 1. The summed E-state index contributed by atoms with van der Waals surface area (Å²) in [5.74, 6) is -0.743. The number of ether oxygens (including phenoxy) is 1. The molecule has 1 N–H and O–H groups in total. The predicted octanol–water partition coefficient (Wildman–Crippen LogP) is 4.62. The molecule has 2 aliphatic rings. The summed E-state index contributed by atoms with van der Waals surface area (Å²) in [6.07, 6.45) is 0.740. The number of aliphatic hydroxyl groups is 1. The molecule has 2 aliphatic heterocycles. The van der Waals surface area contributed by atoms with E-state index in [1.807, 2.05) is 80.5 Å². The van der Waals surface area contributed by atoms with Crippen LogP contribution in [0.1, 0.15) is 28.3 Å². The second kappa shape index (κ2) is 8.37. The van der Waals surface area contributed by atoms with Crippen LogP contribution in [0.3, 0.4) is 0 Å². The third-order valence-electron chi connectivity index (χ3n) is 6.41. The second-order valence-corrected chi connectivity index (χ2v) is 8.92. The van der Waals surface area contributed by atoms with Crippen molar-refractivity contribution in [3.63, 3.8) is 0 Å². The van der Waals surface area contributed by atoms with Crippen molar-refractivity contribution in [3.8, 4) is 5.75 Å². The molecule has 5 rings (SSSR count). The minimum atomic E-state index is -0.741. The normalized spacial score (nSPS) is 18.7. The number of carbonyl (C=O) groups is 2. The smallest absolute Gasteiger partial charge is 0.300 e. The van der Waals surface area contributed by atoms with Crippen LogP contribution < -0.4 is 14.5 Å². The molecule has 0 spiro atoms.